The third-order valence-corrected chi connectivity index (χ3v) is 4.67. The molecule has 1 N–H and O–H groups in total. The van der Waals surface area contributed by atoms with Crippen molar-refractivity contribution < 1.29 is 9.53 Å². The summed E-state index contributed by atoms with van der Waals surface area (Å²) >= 11 is 0. The average molecular weight is 284 g/mol. The largest absolute Gasteiger partial charge is 0.465 e. The molecule has 0 radical (unpaired) electrons. The van der Waals surface area contributed by atoms with Gasteiger partial charge in [-0.2, -0.15) is 0 Å². The van der Waals surface area contributed by atoms with E-state index in [0.29, 0.717) is 12.0 Å². The normalized spacial score (nSPS) is 20.6. The zero-order valence-electron chi connectivity index (χ0n) is 13.7. The SMILES string of the molecule is CCNC(CCN1CCC(C)(CC)CC1)C(=O)OCC. The van der Waals surface area contributed by atoms with Gasteiger partial charge in [-0.3, -0.25) is 4.79 Å². The van der Waals surface area contributed by atoms with Gasteiger partial charge in [-0.15, -0.1) is 0 Å². The summed E-state index contributed by atoms with van der Waals surface area (Å²) in [6.07, 6.45) is 4.66. The molecule has 1 atom stereocenters. The number of carbonyl (C=O) groups excluding carboxylic acids is 1. The second kappa shape index (κ2) is 8.63. The number of piperidine rings is 1. The van der Waals surface area contributed by atoms with E-state index >= 15 is 0 Å². The predicted molar refractivity (Wildman–Crippen MR) is 82.8 cm³/mol. The van der Waals surface area contributed by atoms with Crippen molar-refractivity contribution in [2.45, 2.75) is 59.4 Å². The van der Waals surface area contributed by atoms with Crippen molar-refractivity contribution in [2.75, 3.05) is 32.8 Å². The number of esters is 1. The molecule has 0 bridgehead atoms. The lowest BCUT2D eigenvalue weighted by Crippen LogP contribution is -2.43. The van der Waals surface area contributed by atoms with Gasteiger partial charge in [-0.25, -0.2) is 0 Å². The maximum absolute atomic E-state index is 11.9. The highest BCUT2D eigenvalue weighted by atomic mass is 16.5. The Hall–Kier alpha value is -0.610. The minimum absolute atomic E-state index is 0.107. The van der Waals surface area contributed by atoms with E-state index in [1.165, 1.54) is 19.3 Å². The number of rotatable bonds is 8. The Labute approximate surface area is 124 Å². The molecule has 118 valence electrons. The van der Waals surface area contributed by atoms with Gasteiger partial charge in [-0.05, 0) is 51.2 Å². The van der Waals surface area contributed by atoms with Crippen LogP contribution in [-0.4, -0.2) is 49.7 Å². The lowest BCUT2D eigenvalue weighted by atomic mass is 9.78. The monoisotopic (exact) mass is 284 g/mol. The highest BCUT2D eigenvalue weighted by molar-refractivity contribution is 5.75. The number of carbonyl (C=O) groups is 1. The third kappa shape index (κ3) is 5.41. The van der Waals surface area contributed by atoms with Gasteiger partial charge in [0.05, 0.1) is 6.61 Å². The molecule has 4 nitrogen and oxygen atoms in total. The van der Waals surface area contributed by atoms with Gasteiger partial charge in [0.15, 0.2) is 0 Å². The van der Waals surface area contributed by atoms with Crippen LogP contribution in [0.15, 0.2) is 0 Å². The second-order valence-electron chi connectivity index (χ2n) is 6.16. The quantitative estimate of drug-likeness (QED) is 0.695. The fourth-order valence-corrected chi connectivity index (χ4v) is 2.77. The van der Waals surface area contributed by atoms with E-state index < -0.39 is 0 Å². The van der Waals surface area contributed by atoms with E-state index in [0.717, 1.165) is 32.6 Å². The van der Waals surface area contributed by atoms with Gasteiger partial charge in [0.2, 0.25) is 0 Å². The van der Waals surface area contributed by atoms with Crippen molar-refractivity contribution in [3.8, 4) is 0 Å². The third-order valence-electron chi connectivity index (χ3n) is 4.67. The molecule has 0 aliphatic carbocycles. The Morgan fingerprint density at radius 1 is 1.30 bits per heavy atom. The Bertz CT molecular complexity index is 286. The standard InChI is InChI=1S/C16H32N2O2/c1-5-16(4)9-12-18(13-10-16)11-8-14(17-6-2)15(19)20-7-3/h14,17H,5-13H2,1-4H3. The van der Waals surface area contributed by atoms with E-state index in [9.17, 15) is 4.79 Å². The van der Waals surface area contributed by atoms with Crippen molar-refractivity contribution in [2.24, 2.45) is 5.41 Å². The Morgan fingerprint density at radius 2 is 1.95 bits per heavy atom. The molecule has 20 heavy (non-hydrogen) atoms. The first kappa shape index (κ1) is 17.4. The molecule has 0 spiro atoms. The molecule has 0 aromatic carbocycles. The maximum atomic E-state index is 11.9. The highest BCUT2D eigenvalue weighted by Crippen LogP contribution is 2.33. The van der Waals surface area contributed by atoms with Crippen LogP contribution in [0.2, 0.25) is 0 Å². The van der Waals surface area contributed by atoms with Gasteiger partial charge >= 0.3 is 5.97 Å². The fraction of sp³-hybridized carbons (Fsp3) is 0.938. The van der Waals surface area contributed by atoms with Crippen LogP contribution in [0.3, 0.4) is 0 Å². The molecule has 0 aromatic heterocycles. The maximum Gasteiger partial charge on any atom is 0.323 e. The van der Waals surface area contributed by atoms with Crippen LogP contribution < -0.4 is 5.32 Å². The zero-order chi connectivity index (χ0) is 15.0. The summed E-state index contributed by atoms with van der Waals surface area (Å²) in [5.41, 5.74) is 0.526. The van der Waals surface area contributed by atoms with Crippen molar-refractivity contribution >= 4 is 5.97 Å². The predicted octanol–water partition coefficient (Wildman–Crippen LogP) is 2.43. The van der Waals surface area contributed by atoms with Gasteiger partial charge in [-0.1, -0.05) is 27.2 Å². The Kier molecular flexibility index (Phi) is 7.52. The van der Waals surface area contributed by atoms with E-state index in [4.69, 9.17) is 4.74 Å². The number of nitrogens with one attached hydrogen (secondary N) is 1. The molecule has 1 unspecified atom stereocenters. The summed E-state index contributed by atoms with van der Waals surface area (Å²) < 4.78 is 5.13. The first-order chi connectivity index (χ1) is 9.54. The van der Waals surface area contributed by atoms with Crippen LogP contribution in [0, 0.1) is 5.41 Å². The molecular weight excluding hydrogens is 252 g/mol. The van der Waals surface area contributed by atoms with Gasteiger partial charge in [0.1, 0.15) is 6.04 Å². The summed E-state index contributed by atoms with van der Waals surface area (Å²) in [6, 6.07) is -0.153. The molecule has 1 heterocycles. The molecule has 0 saturated carbocycles. The molecule has 1 saturated heterocycles. The van der Waals surface area contributed by atoms with E-state index in [-0.39, 0.29) is 12.0 Å². The van der Waals surface area contributed by atoms with E-state index in [2.05, 4.69) is 24.1 Å². The number of likely N-dealkylation sites (tertiary alicyclic amines) is 1. The number of likely N-dealkylation sites (N-methyl/N-ethyl adjacent to an activating group) is 1. The lowest BCUT2D eigenvalue weighted by Gasteiger charge is -2.39. The Morgan fingerprint density at radius 3 is 2.45 bits per heavy atom. The van der Waals surface area contributed by atoms with Crippen LogP contribution in [0.4, 0.5) is 0 Å². The smallest absolute Gasteiger partial charge is 0.323 e. The molecule has 1 aliphatic rings. The van der Waals surface area contributed by atoms with Crippen LogP contribution in [0.25, 0.3) is 0 Å². The van der Waals surface area contributed by atoms with Crippen LogP contribution in [0.1, 0.15) is 53.4 Å². The van der Waals surface area contributed by atoms with Gasteiger partial charge < -0.3 is 15.0 Å². The number of hydrogen-bond donors (Lipinski definition) is 1. The van der Waals surface area contributed by atoms with Crippen LogP contribution in [0.5, 0.6) is 0 Å². The van der Waals surface area contributed by atoms with Crippen molar-refractivity contribution in [1.82, 2.24) is 10.2 Å². The molecule has 0 aromatic rings. The van der Waals surface area contributed by atoms with Crippen molar-refractivity contribution in [3.05, 3.63) is 0 Å². The first-order valence-corrected chi connectivity index (χ1v) is 8.17. The minimum atomic E-state index is -0.153. The summed E-state index contributed by atoms with van der Waals surface area (Å²) in [6.45, 7) is 13.1. The fourth-order valence-electron chi connectivity index (χ4n) is 2.77. The van der Waals surface area contributed by atoms with E-state index in [1.807, 2.05) is 13.8 Å². The van der Waals surface area contributed by atoms with Gasteiger partial charge in [0, 0.05) is 6.54 Å². The van der Waals surface area contributed by atoms with Gasteiger partial charge in [0.25, 0.3) is 0 Å². The van der Waals surface area contributed by atoms with Crippen molar-refractivity contribution in [3.63, 3.8) is 0 Å². The molecule has 1 fully saturated rings. The van der Waals surface area contributed by atoms with Crippen molar-refractivity contribution in [1.29, 1.82) is 0 Å². The topological polar surface area (TPSA) is 41.6 Å². The summed E-state index contributed by atoms with van der Waals surface area (Å²) in [5, 5.41) is 3.23. The second-order valence-corrected chi connectivity index (χ2v) is 6.16. The zero-order valence-corrected chi connectivity index (χ0v) is 13.7. The minimum Gasteiger partial charge on any atom is -0.465 e. The van der Waals surface area contributed by atoms with Crippen LogP contribution in [-0.2, 0) is 9.53 Å². The summed E-state index contributed by atoms with van der Waals surface area (Å²) in [7, 11) is 0. The summed E-state index contributed by atoms with van der Waals surface area (Å²) in [4.78, 5) is 14.3. The number of nitrogens with zero attached hydrogens (tertiary/aromatic N) is 1. The molecule has 4 heteroatoms. The van der Waals surface area contributed by atoms with Crippen LogP contribution >= 0.6 is 0 Å². The summed E-state index contributed by atoms with van der Waals surface area (Å²) in [5.74, 6) is -0.107. The number of hydrogen-bond acceptors (Lipinski definition) is 4. The van der Waals surface area contributed by atoms with E-state index in [1.54, 1.807) is 0 Å². The Balaban J connectivity index is 2.35. The number of ether oxygens (including phenoxy) is 1. The highest BCUT2D eigenvalue weighted by Gasteiger charge is 2.28. The lowest BCUT2D eigenvalue weighted by molar-refractivity contribution is -0.146. The molecule has 1 rings (SSSR count). The molecular formula is C16H32N2O2. The molecule has 0 amide bonds. The molecule has 1 aliphatic heterocycles. The first-order valence-electron chi connectivity index (χ1n) is 8.17. The average Bonchev–Trinajstić information content (AvgIpc) is 2.45.